The number of anilines is 2. The summed E-state index contributed by atoms with van der Waals surface area (Å²) < 4.78 is 46.8. The van der Waals surface area contributed by atoms with Crippen molar-refractivity contribution in [2.24, 2.45) is 0 Å². The molecule has 176 valence electrons. The monoisotopic (exact) mass is 480 g/mol. The normalized spacial score (nSPS) is 15.1. The second-order valence-electron chi connectivity index (χ2n) is 7.25. The van der Waals surface area contributed by atoms with Crippen molar-refractivity contribution >= 4 is 39.3 Å². The molecular formula is C20H21FN4O7S. The van der Waals surface area contributed by atoms with Gasteiger partial charge in [-0.3, -0.25) is 19.2 Å². The van der Waals surface area contributed by atoms with Gasteiger partial charge >= 0.3 is 17.9 Å². The number of carbonyl (C=O) groups is 3. The van der Waals surface area contributed by atoms with Crippen LogP contribution in [0.4, 0.5) is 20.6 Å². The van der Waals surface area contributed by atoms with E-state index in [1.165, 1.54) is 32.3 Å². The van der Waals surface area contributed by atoms with E-state index >= 15 is 0 Å². The number of rotatable bonds is 5. The van der Waals surface area contributed by atoms with Crippen LogP contribution in [0.2, 0.25) is 0 Å². The molecule has 1 unspecified atom stereocenters. The van der Waals surface area contributed by atoms with Crippen molar-refractivity contribution in [3.63, 3.8) is 0 Å². The van der Waals surface area contributed by atoms with Crippen molar-refractivity contribution < 1.29 is 37.0 Å². The van der Waals surface area contributed by atoms with Crippen molar-refractivity contribution in [3.8, 4) is 5.75 Å². The number of carboxylic acid groups (broad SMARTS) is 1. The first-order chi connectivity index (χ1) is 15.5. The topological polar surface area (TPSA) is 145 Å². The van der Waals surface area contributed by atoms with Gasteiger partial charge in [-0.25, -0.2) is 17.6 Å². The standard InChI is InChI=1S/C20H21FN4O7S/c1-24(2)19(27)18(26)22-10-14-11-25(33(30,31)15-6-3-12(21)4-7-15)16-9-13(23-20(28)29)5-8-17(16)32-14/h3-9,14,23H,10-11H2,1-2H3,(H,22,26)(H,28,29). The SMILES string of the molecule is CN(C)C(=O)C(=O)NCC1CN(S(=O)(=O)c2ccc(F)cc2)c2cc(NC(=O)O)ccc2O1. The Kier molecular flexibility index (Phi) is 6.72. The predicted octanol–water partition coefficient (Wildman–Crippen LogP) is 1.08. The largest absolute Gasteiger partial charge is 0.484 e. The zero-order chi connectivity index (χ0) is 24.3. The highest BCUT2D eigenvalue weighted by atomic mass is 32.2. The first kappa shape index (κ1) is 23.8. The summed E-state index contributed by atoms with van der Waals surface area (Å²) in [5, 5.41) is 13.5. The van der Waals surface area contributed by atoms with Crippen molar-refractivity contribution in [1.29, 1.82) is 0 Å². The maximum Gasteiger partial charge on any atom is 0.409 e. The average Bonchev–Trinajstić information content (AvgIpc) is 2.76. The maximum absolute atomic E-state index is 13.3. The molecule has 3 rings (SSSR count). The summed E-state index contributed by atoms with van der Waals surface area (Å²) in [6.07, 6.45) is -2.21. The highest BCUT2D eigenvalue weighted by Gasteiger charge is 2.35. The van der Waals surface area contributed by atoms with Crippen LogP contribution in [0.5, 0.6) is 5.75 Å². The highest BCUT2D eigenvalue weighted by Crippen LogP contribution is 2.39. The summed E-state index contributed by atoms with van der Waals surface area (Å²) in [5.41, 5.74) is 0.157. The molecule has 0 aromatic heterocycles. The third-order valence-corrected chi connectivity index (χ3v) is 6.43. The third kappa shape index (κ3) is 5.31. The molecule has 33 heavy (non-hydrogen) atoms. The lowest BCUT2D eigenvalue weighted by molar-refractivity contribution is -0.144. The van der Waals surface area contributed by atoms with Crippen molar-refractivity contribution in [1.82, 2.24) is 10.2 Å². The fraction of sp³-hybridized carbons (Fsp3) is 0.250. The molecule has 13 heteroatoms. The van der Waals surface area contributed by atoms with Crippen LogP contribution in [0.15, 0.2) is 47.4 Å². The Morgan fingerprint density at radius 3 is 2.45 bits per heavy atom. The second-order valence-corrected chi connectivity index (χ2v) is 9.11. The van der Waals surface area contributed by atoms with Gasteiger partial charge in [0.25, 0.3) is 10.0 Å². The van der Waals surface area contributed by atoms with Crippen LogP contribution in [0.1, 0.15) is 0 Å². The van der Waals surface area contributed by atoms with Gasteiger partial charge in [-0.1, -0.05) is 0 Å². The molecule has 0 bridgehead atoms. The lowest BCUT2D eigenvalue weighted by Gasteiger charge is -2.35. The Morgan fingerprint density at radius 1 is 1.18 bits per heavy atom. The number of fused-ring (bicyclic) bond motifs is 1. The van der Waals surface area contributed by atoms with Gasteiger partial charge in [0.2, 0.25) is 0 Å². The lowest BCUT2D eigenvalue weighted by atomic mass is 10.2. The van der Waals surface area contributed by atoms with Crippen molar-refractivity contribution in [2.75, 3.05) is 36.8 Å². The summed E-state index contributed by atoms with van der Waals surface area (Å²) in [6.45, 7) is -0.442. The summed E-state index contributed by atoms with van der Waals surface area (Å²) >= 11 is 0. The zero-order valence-corrected chi connectivity index (χ0v) is 18.4. The quantitative estimate of drug-likeness (QED) is 0.543. The maximum atomic E-state index is 13.3. The van der Waals surface area contributed by atoms with Crippen LogP contribution in [0.3, 0.4) is 0 Å². The molecule has 0 aliphatic carbocycles. The van der Waals surface area contributed by atoms with Crippen LogP contribution in [0.25, 0.3) is 0 Å². The van der Waals surface area contributed by atoms with E-state index in [1.807, 2.05) is 0 Å². The number of carbonyl (C=O) groups excluding carboxylic acids is 2. The Labute approximate surface area is 188 Å². The minimum absolute atomic E-state index is 0.0533. The van der Waals surface area contributed by atoms with Gasteiger partial charge in [0, 0.05) is 19.8 Å². The van der Waals surface area contributed by atoms with E-state index < -0.39 is 39.9 Å². The molecule has 3 amide bonds. The van der Waals surface area contributed by atoms with E-state index in [0.717, 1.165) is 33.5 Å². The first-order valence-corrected chi connectivity index (χ1v) is 11.0. The molecule has 2 aromatic carbocycles. The summed E-state index contributed by atoms with van der Waals surface area (Å²) in [6, 6.07) is 8.26. The van der Waals surface area contributed by atoms with Gasteiger partial charge in [0.1, 0.15) is 17.7 Å². The summed E-state index contributed by atoms with van der Waals surface area (Å²) in [7, 11) is -1.39. The Hall–Kier alpha value is -3.87. The molecule has 1 heterocycles. The number of likely N-dealkylation sites (N-methyl/N-ethyl adjacent to an activating group) is 1. The number of hydrogen-bond donors (Lipinski definition) is 3. The van der Waals surface area contributed by atoms with Crippen LogP contribution in [0, 0.1) is 5.82 Å². The number of hydrogen-bond acceptors (Lipinski definition) is 6. The van der Waals surface area contributed by atoms with Gasteiger partial charge in [-0.2, -0.15) is 0 Å². The van der Waals surface area contributed by atoms with Crippen LogP contribution >= 0.6 is 0 Å². The third-order valence-electron chi connectivity index (χ3n) is 4.63. The molecule has 0 radical (unpaired) electrons. The number of sulfonamides is 1. The van der Waals surface area contributed by atoms with Crippen LogP contribution in [-0.4, -0.2) is 69.6 Å². The molecule has 0 spiro atoms. The Morgan fingerprint density at radius 2 is 1.85 bits per heavy atom. The van der Waals surface area contributed by atoms with E-state index in [9.17, 15) is 27.2 Å². The minimum atomic E-state index is -4.22. The molecule has 1 aliphatic heterocycles. The van der Waals surface area contributed by atoms with Crippen LogP contribution in [-0.2, 0) is 19.6 Å². The molecule has 1 aliphatic rings. The number of amides is 3. The van der Waals surface area contributed by atoms with Gasteiger partial charge in [-0.05, 0) is 42.5 Å². The van der Waals surface area contributed by atoms with E-state index in [2.05, 4.69) is 10.6 Å². The Balaban J connectivity index is 1.95. The predicted molar refractivity (Wildman–Crippen MR) is 115 cm³/mol. The smallest absolute Gasteiger partial charge is 0.409 e. The zero-order valence-electron chi connectivity index (χ0n) is 17.6. The molecule has 3 N–H and O–H groups in total. The van der Waals surface area contributed by atoms with Gasteiger partial charge < -0.3 is 20.1 Å². The molecule has 11 nitrogen and oxygen atoms in total. The van der Waals surface area contributed by atoms with E-state index in [1.54, 1.807) is 0 Å². The Bertz CT molecular complexity index is 1190. The van der Waals surface area contributed by atoms with Crippen molar-refractivity contribution in [3.05, 3.63) is 48.3 Å². The van der Waals surface area contributed by atoms with Gasteiger partial charge in [-0.15, -0.1) is 0 Å². The van der Waals surface area contributed by atoms with E-state index in [0.29, 0.717) is 0 Å². The fourth-order valence-corrected chi connectivity index (χ4v) is 4.56. The average molecular weight is 480 g/mol. The van der Waals surface area contributed by atoms with E-state index in [4.69, 9.17) is 9.84 Å². The van der Waals surface area contributed by atoms with Crippen LogP contribution < -0.4 is 19.7 Å². The van der Waals surface area contributed by atoms with Gasteiger partial charge in [0.15, 0.2) is 0 Å². The fourth-order valence-electron chi connectivity index (χ4n) is 3.07. The summed E-state index contributed by atoms with van der Waals surface area (Å²) in [5.74, 6) is -2.17. The number of halogens is 1. The summed E-state index contributed by atoms with van der Waals surface area (Å²) in [4.78, 5) is 35.6. The molecule has 0 fully saturated rings. The molecule has 0 saturated heterocycles. The van der Waals surface area contributed by atoms with Gasteiger partial charge in [0.05, 0.1) is 23.7 Å². The van der Waals surface area contributed by atoms with E-state index in [-0.39, 0.29) is 35.1 Å². The van der Waals surface area contributed by atoms with Crippen molar-refractivity contribution in [2.45, 2.75) is 11.0 Å². The molecule has 2 aromatic rings. The lowest BCUT2D eigenvalue weighted by Crippen LogP contribution is -2.50. The second kappa shape index (κ2) is 9.32. The number of nitrogens with one attached hydrogen (secondary N) is 2. The number of benzene rings is 2. The molecular weight excluding hydrogens is 459 g/mol. The number of ether oxygens (including phenoxy) is 1. The number of nitrogens with zero attached hydrogens (tertiary/aromatic N) is 2. The first-order valence-electron chi connectivity index (χ1n) is 9.57. The minimum Gasteiger partial charge on any atom is -0.484 e. The highest BCUT2D eigenvalue weighted by molar-refractivity contribution is 7.92. The molecule has 1 atom stereocenters. The molecule has 0 saturated carbocycles.